The molecule has 8 heteroatoms. The summed E-state index contributed by atoms with van der Waals surface area (Å²) in [4.78, 5) is 17.5. The average Bonchev–Trinajstić information content (AvgIpc) is 2.88. The molecule has 190 valence electrons. The van der Waals surface area contributed by atoms with Gasteiger partial charge >= 0.3 is 0 Å². The maximum absolute atomic E-state index is 13.0. The third kappa shape index (κ3) is 6.37. The monoisotopic (exact) mass is 507 g/mol. The number of rotatable bonds is 8. The zero-order valence-corrected chi connectivity index (χ0v) is 21.4. The highest BCUT2D eigenvalue weighted by Gasteiger charge is 2.34. The molecular weight excluding hydrogens is 474 g/mol. The van der Waals surface area contributed by atoms with Gasteiger partial charge in [0.05, 0.1) is 22.2 Å². The van der Waals surface area contributed by atoms with E-state index in [1.807, 2.05) is 48.5 Å². The number of hydrogen-bond acceptors (Lipinski definition) is 5. The molecule has 36 heavy (non-hydrogen) atoms. The van der Waals surface area contributed by atoms with E-state index in [-0.39, 0.29) is 22.8 Å². The fraction of sp³-hybridized carbons (Fsp3) is 0.357. The van der Waals surface area contributed by atoms with Crippen LogP contribution >= 0.6 is 0 Å². The van der Waals surface area contributed by atoms with Crippen LogP contribution in [0, 0.1) is 5.92 Å². The molecule has 0 spiro atoms. The quantitative estimate of drug-likeness (QED) is 0.423. The number of carbonyl (C=O) groups excluding carboxylic acids is 1. The van der Waals surface area contributed by atoms with Crippen LogP contribution in [-0.2, 0) is 14.8 Å². The Morgan fingerprint density at radius 1 is 0.944 bits per heavy atom. The van der Waals surface area contributed by atoms with Gasteiger partial charge in [0.1, 0.15) is 0 Å². The lowest BCUT2D eigenvalue weighted by molar-refractivity contribution is -0.128. The summed E-state index contributed by atoms with van der Waals surface area (Å²) in [7, 11) is -3.67. The second-order valence-electron chi connectivity index (χ2n) is 9.92. The van der Waals surface area contributed by atoms with Crippen LogP contribution in [0.1, 0.15) is 51.1 Å². The molecule has 0 aliphatic heterocycles. The van der Waals surface area contributed by atoms with Gasteiger partial charge < -0.3 is 10.4 Å². The van der Waals surface area contributed by atoms with Crippen molar-refractivity contribution in [2.24, 2.45) is 5.92 Å². The summed E-state index contributed by atoms with van der Waals surface area (Å²) in [5.74, 6) is -0.339. The van der Waals surface area contributed by atoms with Crippen LogP contribution in [0.25, 0.3) is 11.3 Å². The lowest BCUT2D eigenvalue weighted by Gasteiger charge is -2.34. The number of amides is 1. The Morgan fingerprint density at radius 2 is 1.58 bits per heavy atom. The van der Waals surface area contributed by atoms with Gasteiger partial charge in [-0.1, -0.05) is 48.5 Å². The van der Waals surface area contributed by atoms with Crippen LogP contribution in [0.15, 0.2) is 83.9 Å². The molecule has 1 amide bonds. The van der Waals surface area contributed by atoms with Crippen molar-refractivity contribution < 1.29 is 18.3 Å². The number of nitrogens with one attached hydrogen (secondary N) is 2. The lowest BCUT2D eigenvalue weighted by atomic mass is 9.84. The van der Waals surface area contributed by atoms with Crippen LogP contribution in [0.4, 0.5) is 0 Å². The first-order valence-electron chi connectivity index (χ1n) is 12.2. The topological polar surface area (TPSA) is 108 Å². The molecule has 2 aromatic carbocycles. The third-order valence-electron chi connectivity index (χ3n) is 6.67. The predicted octanol–water partition coefficient (Wildman–Crippen LogP) is 4.21. The van der Waals surface area contributed by atoms with Crippen molar-refractivity contribution in [2.45, 2.75) is 62.1 Å². The number of hydrogen-bond donors (Lipinski definition) is 3. The van der Waals surface area contributed by atoms with E-state index in [1.54, 1.807) is 44.3 Å². The van der Waals surface area contributed by atoms with E-state index < -0.39 is 21.7 Å². The Morgan fingerprint density at radius 3 is 2.17 bits per heavy atom. The predicted molar refractivity (Wildman–Crippen MR) is 139 cm³/mol. The number of nitrogens with zero attached hydrogens (tertiary/aromatic N) is 1. The second-order valence-corrected chi connectivity index (χ2v) is 11.6. The molecular formula is C28H33N3O4S. The van der Waals surface area contributed by atoms with Crippen molar-refractivity contribution >= 4 is 15.9 Å². The highest BCUT2D eigenvalue weighted by Crippen LogP contribution is 2.30. The number of carbonyl (C=O) groups is 1. The van der Waals surface area contributed by atoms with E-state index in [1.165, 1.54) is 0 Å². The van der Waals surface area contributed by atoms with Gasteiger partial charge in [-0.15, -0.1) is 0 Å². The molecule has 1 aromatic heterocycles. The summed E-state index contributed by atoms with van der Waals surface area (Å²) < 4.78 is 28.7. The molecule has 7 nitrogen and oxygen atoms in total. The summed E-state index contributed by atoms with van der Waals surface area (Å²) in [6.45, 7) is 3.36. The molecule has 1 heterocycles. The van der Waals surface area contributed by atoms with Crippen molar-refractivity contribution in [3.05, 3.63) is 84.6 Å². The summed E-state index contributed by atoms with van der Waals surface area (Å²) in [5.41, 5.74) is 1.34. The van der Waals surface area contributed by atoms with Gasteiger partial charge in [-0.25, -0.2) is 13.1 Å². The SMILES string of the molecule is CC(C)(O)[C@@H](NC(=O)C1CCC(NS(=O)(=O)c2ccc(-c3ccccn3)cc2)CC1)c1ccccc1. The molecule has 1 saturated carbocycles. The van der Waals surface area contributed by atoms with Gasteiger partial charge in [0.15, 0.2) is 0 Å². The van der Waals surface area contributed by atoms with Crippen LogP contribution in [-0.4, -0.2) is 36.1 Å². The van der Waals surface area contributed by atoms with Crippen molar-refractivity contribution in [2.75, 3.05) is 0 Å². The number of aliphatic hydroxyl groups is 1. The molecule has 0 saturated heterocycles. The summed E-state index contributed by atoms with van der Waals surface area (Å²) in [5, 5.41) is 13.7. The molecule has 1 fully saturated rings. The van der Waals surface area contributed by atoms with E-state index in [2.05, 4.69) is 15.0 Å². The number of pyridine rings is 1. The van der Waals surface area contributed by atoms with E-state index in [0.717, 1.165) is 16.8 Å². The van der Waals surface area contributed by atoms with Gasteiger partial charge in [0.25, 0.3) is 0 Å². The Hall–Kier alpha value is -3.07. The Labute approximate surface area is 213 Å². The van der Waals surface area contributed by atoms with Crippen molar-refractivity contribution in [1.29, 1.82) is 0 Å². The number of sulfonamides is 1. The molecule has 3 N–H and O–H groups in total. The van der Waals surface area contributed by atoms with E-state index in [9.17, 15) is 18.3 Å². The molecule has 1 atom stereocenters. The standard InChI is InChI=1S/C28H33N3O4S/c1-28(2,33)26(21-8-4-3-5-9-21)30-27(32)22-11-15-23(16-12-22)31-36(34,35)24-17-13-20(14-18-24)25-10-6-7-19-29-25/h3-10,13-14,17-19,22-23,26,31,33H,11-12,15-16H2,1-2H3,(H,30,32)/t22?,23?,26-/m0/s1. The van der Waals surface area contributed by atoms with Crippen LogP contribution in [0.3, 0.4) is 0 Å². The smallest absolute Gasteiger partial charge is 0.240 e. The number of aromatic nitrogens is 1. The van der Waals surface area contributed by atoms with Gasteiger partial charge in [0, 0.05) is 23.7 Å². The summed E-state index contributed by atoms with van der Waals surface area (Å²) >= 11 is 0. The molecule has 1 aliphatic rings. The molecule has 0 radical (unpaired) electrons. The minimum atomic E-state index is -3.67. The summed E-state index contributed by atoms with van der Waals surface area (Å²) in [6, 6.07) is 20.9. The van der Waals surface area contributed by atoms with Crippen LogP contribution in [0.5, 0.6) is 0 Å². The third-order valence-corrected chi connectivity index (χ3v) is 8.21. The fourth-order valence-corrected chi connectivity index (χ4v) is 5.98. The van der Waals surface area contributed by atoms with Gasteiger partial charge in [-0.2, -0.15) is 0 Å². The van der Waals surface area contributed by atoms with Crippen molar-refractivity contribution in [1.82, 2.24) is 15.0 Å². The second kappa shape index (κ2) is 10.9. The van der Waals surface area contributed by atoms with E-state index in [4.69, 9.17) is 0 Å². The fourth-order valence-electron chi connectivity index (χ4n) is 4.67. The molecule has 1 aliphatic carbocycles. The lowest BCUT2D eigenvalue weighted by Crippen LogP contribution is -2.46. The first-order valence-corrected chi connectivity index (χ1v) is 13.7. The molecule has 3 aromatic rings. The Balaban J connectivity index is 1.34. The van der Waals surface area contributed by atoms with E-state index in [0.29, 0.717) is 25.7 Å². The van der Waals surface area contributed by atoms with Crippen LogP contribution in [0.2, 0.25) is 0 Å². The first kappa shape index (κ1) is 26.0. The van der Waals surface area contributed by atoms with Gasteiger partial charge in [0.2, 0.25) is 15.9 Å². The van der Waals surface area contributed by atoms with Crippen LogP contribution < -0.4 is 10.0 Å². The zero-order valence-electron chi connectivity index (χ0n) is 20.6. The summed E-state index contributed by atoms with van der Waals surface area (Å²) in [6.07, 6.45) is 3.99. The Kier molecular flexibility index (Phi) is 7.88. The van der Waals surface area contributed by atoms with Crippen molar-refractivity contribution in [3.63, 3.8) is 0 Å². The maximum Gasteiger partial charge on any atom is 0.240 e. The first-order chi connectivity index (χ1) is 17.1. The highest BCUT2D eigenvalue weighted by atomic mass is 32.2. The molecule has 0 bridgehead atoms. The van der Waals surface area contributed by atoms with E-state index >= 15 is 0 Å². The maximum atomic E-state index is 13.0. The Bertz CT molecular complexity index is 1250. The molecule has 4 rings (SSSR count). The number of benzene rings is 2. The molecule has 0 unspecified atom stereocenters. The van der Waals surface area contributed by atoms with Gasteiger partial charge in [-0.05, 0) is 69.4 Å². The minimum Gasteiger partial charge on any atom is -0.388 e. The average molecular weight is 508 g/mol. The largest absolute Gasteiger partial charge is 0.388 e. The minimum absolute atomic E-state index is 0.114. The zero-order chi connectivity index (χ0) is 25.8. The van der Waals surface area contributed by atoms with Gasteiger partial charge in [-0.3, -0.25) is 9.78 Å². The highest BCUT2D eigenvalue weighted by molar-refractivity contribution is 7.89. The van der Waals surface area contributed by atoms with Crippen molar-refractivity contribution in [3.8, 4) is 11.3 Å². The normalized spacial score (nSPS) is 19.4.